The van der Waals surface area contributed by atoms with Gasteiger partial charge in [0.15, 0.2) is 11.5 Å². The Labute approximate surface area is 111 Å². The molecule has 0 fully saturated rings. The highest BCUT2D eigenvalue weighted by Gasteiger charge is 2.17. The molecular weight excluding hydrogens is 242 g/mol. The number of carbonyl (C=O) groups is 1. The second kappa shape index (κ2) is 5.02. The first-order chi connectivity index (χ1) is 9.34. The molecule has 0 saturated carbocycles. The molecule has 0 radical (unpaired) electrons. The molecule has 0 saturated heterocycles. The molecule has 0 aliphatic carbocycles. The molecule has 0 unspecified atom stereocenters. The van der Waals surface area contributed by atoms with Crippen LogP contribution in [0.2, 0.25) is 0 Å². The second-order valence-electron chi connectivity index (χ2n) is 4.20. The van der Waals surface area contributed by atoms with Crippen molar-refractivity contribution in [3.63, 3.8) is 0 Å². The predicted octanol–water partition coefficient (Wildman–Crippen LogP) is 2.35. The molecule has 2 aromatic rings. The van der Waals surface area contributed by atoms with Gasteiger partial charge < -0.3 is 14.8 Å². The SMILES string of the molecule is O=C(NCc1cccc2c1OCO2)c1ccccc1. The van der Waals surface area contributed by atoms with Gasteiger partial charge in [0.1, 0.15) is 0 Å². The zero-order valence-electron chi connectivity index (χ0n) is 10.3. The van der Waals surface area contributed by atoms with E-state index in [0.29, 0.717) is 12.1 Å². The molecule has 0 aromatic heterocycles. The minimum absolute atomic E-state index is 0.0999. The number of para-hydroxylation sites is 1. The number of benzene rings is 2. The number of rotatable bonds is 3. The first-order valence-corrected chi connectivity index (χ1v) is 6.05. The molecule has 0 bridgehead atoms. The number of ether oxygens (including phenoxy) is 2. The summed E-state index contributed by atoms with van der Waals surface area (Å²) in [6.07, 6.45) is 0. The molecule has 1 N–H and O–H groups in total. The van der Waals surface area contributed by atoms with E-state index >= 15 is 0 Å². The summed E-state index contributed by atoms with van der Waals surface area (Å²) in [6.45, 7) is 0.652. The van der Waals surface area contributed by atoms with Crippen molar-refractivity contribution in [3.8, 4) is 11.5 Å². The second-order valence-corrected chi connectivity index (χ2v) is 4.20. The van der Waals surface area contributed by atoms with E-state index in [9.17, 15) is 4.79 Å². The third-order valence-electron chi connectivity index (χ3n) is 2.95. The maximum Gasteiger partial charge on any atom is 0.251 e. The summed E-state index contributed by atoms with van der Waals surface area (Å²) < 4.78 is 10.7. The lowest BCUT2D eigenvalue weighted by atomic mass is 10.1. The van der Waals surface area contributed by atoms with Gasteiger partial charge in [-0.15, -0.1) is 0 Å². The molecule has 4 heteroatoms. The van der Waals surface area contributed by atoms with Crippen LogP contribution >= 0.6 is 0 Å². The number of fused-ring (bicyclic) bond motifs is 1. The van der Waals surface area contributed by atoms with Gasteiger partial charge in [-0.3, -0.25) is 4.79 Å². The number of amides is 1. The Balaban J connectivity index is 1.70. The van der Waals surface area contributed by atoms with Crippen molar-refractivity contribution < 1.29 is 14.3 Å². The number of carbonyl (C=O) groups excluding carboxylic acids is 1. The fraction of sp³-hybridized carbons (Fsp3) is 0.133. The van der Waals surface area contributed by atoms with Gasteiger partial charge in [-0.2, -0.15) is 0 Å². The summed E-state index contributed by atoms with van der Waals surface area (Å²) in [5.74, 6) is 1.35. The zero-order chi connectivity index (χ0) is 13.1. The van der Waals surface area contributed by atoms with Gasteiger partial charge in [0, 0.05) is 17.7 Å². The van der Waals surface area contributed by atoms with Crippen molar-refractivity contribution in [2.75, 3.05) is 6.79 Å². The Morgan fingerprint density at radius 2 is 1.89 bits per heavy atom. The molecule has 4 nitrogen and oxygen atoms in total. The lowest BCUT2D eigenvalue weighted by Gasteiger charge is -2.07. The van der Waals surface area contributed by atoms with Crippen LogP contribution in [-0.4, -0.2) is 12.7 Å². The Bertz CT molecular complexity index is 596. The van der Waals surface area contributed by atoms with E-state index in [1.165, 1.54) is 0 Å². The van der Waals surface area contributed by atoms with Crippen molar-refractivity contribution in [1.29, 1.82) is 0 Å². The first-order valence-electron chi connectivity index (χ1n) is 6.05. The van der Waals surface area contributed by atoms with Crippen LogP contribution in [0.15, 0.2) is 48.5 Å². The largest absolute Gasteiger partial charge is 0.454 e. The summed E-state index contributed by atoms with van der Waals surface area (Å²) >= 11 is 0. The van der Waals surface area contributed by atoms with E-state index in [1.54, 1.807) is 12.1 Å². The molecule has 1 aliphatic heterocycles. The Kier molecular flexibility index (Phi) is 3.06. The van der Waals surface area contributed by atoms with Crippen LogP contribution in [0.5, 0.6) is 11.5 Å². The van der Waals surface area contributed by atoms with Crippen molar-refractivity contribution in [2.45, 2.75) is 6.54 Å². The average Bonchev–Trinajstić information content (AvgIpc) is 2.94. The van der Waals surface area contributed by atoms with E-state index < -0.39 is 0 Å². The van der Waals surface area contributed by atoms with Gasteiger partial charge in [0.25, 0.3) is 5.91 Å². The summed E-state index contributed by atoms with van der Waals surface area (Å²) in [5, 5.41) is 2.87. The van der Waals surface area contributed by atoms with Crippen molar-refractivity contribution in [3.05, 3.63) is 59.7 Å². The molecule has 1 amide bonds. The standard InChI is InChI=1S/C15H13NO3/c17-15(11-5-2-1-3-6-11)16-9-12-7-4-8-13-14(12)19-10-18-13/h1-8H,9-10H2,(H,16,17). The molecule has 1 aliphatic rings. The molecule has 19 heavy (non-hydrogen) atoms. The minimum Gasteiger partial charge on any atom is -0.454 e. The van der Waals surface area contributed by atoms with Crippen LogP contribution in [0.1, 0.15) is 15.9 Å². The predicted molar refractivity (Wildman–Crippen MR) is 70.2 cm³/mol. The number of hydrogen-bond donors (Lipinski definition) is 1. The third-order valence-corrected chi connectivity index (χ3v) is 2.95. The zero-order valence-corrected chi connectivity index (χ0v) is 10.3. The fourth-order valence-electron chi connectivity index (χ4n) is 2.00. The smallest absolute Gasteiger partial charge is 0.251 e. The van der Waals surface area contributed by atoms with Crippen molar-refractivity contribution in [1.82, 2.24) is 5.32 Å². The normalized spacial score (nSPS) is 12.2. The molecule has 96 valence electrons. The van der Waals surface area contributed by atoms with E-state index in [2.05, 4.69) is 5.32 Å². The molecule has 3 rings (SSSR count). The van der Waals surface area contributed by atoms with Crippen LogP contribution in [0.25, 0.3) is 0 Å². The topological polar surface area (TPSA) is 47.6 Å². The summed E-state index contributed by atoms with van der Waals surface area (Å²) in [6, 6.07) is 14.8. The molecule has 0 spiro atoms. The fourth-order valence-corrected chi connectivity index (χ4v) is 2.00. The lowest BCUT2D eigenvalue weighted by Crippen LogP contribution is -2.22. The monoisotopic (exact) mass is 255 g/mol. The minimum atomic E-state index is -0.0999. The van der Waals surface area contributed by atoms with Crippen molar-refractivity contribution in [2.24, 2.45) is 0 Å². The molecule has 2 aromatic carbocycles. The van der Waals surface area contributed by atoms with E-state index in [0.717, 1.165) is 17.1 Å². The van der Waals surface area contributed by atoms with Gasteiger partial charge in [0.2, 0.25) is 6.79 Å². The maximum atomic E-state index is 11.9. The molecular formula is C15H13NO3. The lowest BCUT2D eigenvalue weighted by molar-refractivity contribution is 0.0950. The maximum absolute atomic E-state index is 11.9. The number of nitrogens with one attached hydrogen (secondary N) is 1. The van der Waals surface area contributed by atoms with Crippen LogP contribution in [0.4, 0.5) is 0 Å². The summed E-state index contributed by atoms with van der Waals surface area (Å²) in [4.78, 5) is 11.9. The van der Waals surface area contributed by atoms with Crippen molar-refractivity contribution >= 4 is 5.91 Å². The Morgan fingerprint density at radius 1 is 1.05 bits per heavy atom. The summed E-state index contributed by atoms with van der Waals surface area (Å²) in [5.41, 5.74) is 1.56. The number of hydrogen-bond acceptors (Lipinski definition) is 3. The third kappa shape index (κ3) is 2.38. The Morgan fingerprint density at radius 3 is 2.74 bits per heavy atom. The highest BCUT2D eigenvalue weighted by molar-refractivity contribution is 5.94. The van der Waals surface area contributed by atoms with Crippen LogP contribution in [0, 0.1) is 0 Å². The highest BCUT2D eigenvalue weighted by atomic mass is 16.7. The van der Waals surface area contributed by atoms with Gasteiger partial charge in [0.05, 0.1) is 0 Å². The van der Waals surface area contributed by atoms with Gasteiger partial charge in [-0.25, -0.2) is 0 Å². The van der Waals surface area contributed by atoms with Gasteiger partial charge in [-0.1, -0.05) is 30.3 Å². The van der Waals surface area contributed by atoms with E-state index in [4.69, 9.17) is 9.47 Å². The Hall–Kier alpha value is -2.49. The summed E-state index contributed by atoms with van der Waals surface area (Å²) in [7, 11) is 0. The quantitative estimate of drug-likeness (QED) is 0.915. The average molecular weight is 255 g/mol. The van der Waals surface area contributed by atoms with Crippen LogP contribution < -0.4 is 14.8 Å². The highest BCUT2D eigenvalue weighted by Crippen LogP contribution is 2.35. The van der Waals surface area contributed by atoms with Crippen LogP contribution in [0.3, 0.4) is 0 Å². The van der Waals surface area contributed by atoms with Gasteiger partial charge >= 0.3 is 0 Å². The van der Waals surface area contributed by atoms with E-state index in [1.807, 2.05) is 36.4 Å². The molecule has 1 heterocycles. The molecule has 0 atom stereocenters. The van der Waals surface area contributed by atoms with E-state index in [-0.39, 0.29) is 12.7 Å². The van der Waals surface area contributed by atoms with Gasteiger partial charge in [-0.05, 0) is 18.2 Å². The van der Waals surface area contributed by atoms with Crippen LogP contribution in [-0.2, 0) is 6.54 Å². The first kappa shape index (κ1) is 11.6.